The Hall–Kier alpha value is -6.22. The van der Waals surface area contributed by atoms with Gasteiger partial charge in [0.15, 0.2) is 0 Å². The predicted molar refractivity (Wildman–Crippen MR) is 479 cm³/mol. The summed E-state index contributed by atoms with van der Waals surface area (Å²) in [4.78, 5) is 130. The van der Waals surface area contributed by atoms with Crippen molar-refractivity contribution < 1.29 is 74.7 Å². The average molecular weight is 1770 g/mol. The standard InChI is InChI=1S/C17H29N2O5P.C16H27N2O5P.C16H25N2O5P.C15H25N2O5P.C15H23N2O5P/c1-5-6-8-19-10-11(16(22)18-17(19)23)15-14(21)13(20)12(24-15)7-9-25(2,3)4;2*1-5-7-18-9-10(15(21)17-16(18)22)14-13(20)12(19)11(23-14)6-8-24(2,3)4;2*1-5-17-8-9(14(20)16-15(17)21)13-12(19)11(18)10(22-13)6-7-23(2,3)4/h10,12-15,20-21H,2,5-9H2,1,3-4H3,(H,18,22,23);9,11-14,19-20H,2,5-8H2,1,3-4H3,(H,17,21,22);5,9,11-14,19-20H,1-2,6-8H2,3-4H3,(H,17,21,22);8,10-13,18-19H,2,5-7H2,1,3-4H3,(H,16,20,21);5,8,10-13,18-19H,1-2,6-7H2,3-4H3,(H,16,20,21)/t12-,13-,14-,15+;2*11-,12-,13-,14+;2*10-,11-,12-,13+/m11111/s1. The first kappa shape index (κ1) is 102. The van der Waals surface area contributed by atoms with E-state index in [9.17, 15) is 99.0 Å². The second kappa shape index (κ2) is 43.4. The fourth-order valence-electron chi connectivity index (χ4n) is 13.8. The van der Waals surface area contributed by atoms with E-state index in [4.69, 9.17) is 23.7 Å². The van der Waals surface area contributed by atoms with Gasteiger partial charge in [-0.3, -0.25) is 58.0 Å². The van der Waals surface area contributed by atoms with Crippen LogP contribution in [0.4, 0.5) is 0 Å². The van der Waals surface area contributed by atoms with Gasteiger partial charge in [0.1, 0.15) is 91.6 Å². The number of aliphatic hydroxyl groups excluding tert-OH is 10. The first-order valence-electron chi connectivity index (χ1n) is 39.6. The van der Waals surface area contributed by atoms with Crippen molar-refractivity contribution in [3.05, 3.63) is 182 Å². The number of H-pyrrole nitrogens is 5. The van der Waals surface area contributed by atoms with Crippen LogP contribution < -0.4 is 56.2 Å². The van der Waals surface area contributed by atoms with Crippen LogP contribution in [0.5, 0.6) is 0 Å². The molecule has 0 saturated carbocycles. The van der Waals surface area contributed by atoms with Crippen molar-refractivity contribution in [2.45, 2.75) is 220 Å². The van der Waals surface area contributed by atoms with Gasteiger partial charge in [-0.05, 0) is 149 Å². The molecule has 10 rings (SSSR count). The third kappa shape index (κ3) is 28.4. The molecular formula is C79H129N10O25P5. The lowest BCUT2D eigenvalue weighted by molar-refractivity contribution is 0.00493. The maximum atomic E-state index is 12.2. The smallest absolute Gasteiger partial charge is 0.332 e. The van der Waals surface area contributed by atoms with Gasteiger partial charge in [-0.15, -0.1) is 72.5 Å². The molecule has 5 aliphatic heterocycles. The lowest BCUT2D eigenvalue weighted by Crippen LogP contribution is -2.35. The molecule has 5 fully saturated rings. The van der Waals surface area contributed by atoms with Crippen molar-refractivity contribution in [2.75, 3.05) is 97.5 Å². The van der Waals surface area contributed by atoms with E-state index in [1.807, 2.05) is 13.8 Å². The van der Waals surface area contributed by atoms with Crippen LogP contribution >= 0.6 is 34.4 Å². The van der Waals surface area contributed by atoms with Crippen LogP contribution in [0.1, 0.15) is 130 Å². The molecule has 20 atom stereocenters. The number of rotatable bonds is 29. The van der Waals surface area contributed by atoms with Gasteiger partial charge in [0.25, 0.3) is 27.8 Å². The molecule has 5 aromatic rings. The predicted octanol–water partition coefficient (Wildman–Crippen LogP) is 0.504. The Balaban J connectivity index is 0.000000231. The quantitative estimate of drug-likeness (QED) is 0.0229. The summed E-state index contributed by atoms with van der Waals surface area (Å²) in [5, 5.41) is 103. The molecule has 5 saturated heterocycles. The summed E-state index contributed by atoms with van der Waals surface area (Å²) in [5.74, 6) is 0. The molecule has 35 nitrogen and oxygen atoms in total. The number of nitrogens with one attached hydrogen (secondary N) is 5. The molecule has 0 spiro atoms. The normalized spacial score (nSPS) is 27.6. The zero-order chi connectivity index (χ0) is 89.6. The first-order chi connectivity index (χ1) is 55.2. The van der Waals surface area contributed by atoms with E-state index in [0.29, 0.717) is 51.7 Å². The zero-order valence-electron chi connectivity index (χ0n) is 70.6. The van der Waals surface area contributed by atoms with Crippen LogP contribution in [0.15, 0.2) is 98.2 Å². The lowest BCUT2D eigenvalue weighted by atomic mass is 10.0. The van der Waals surface area contributed by atoms with Crippen LogP contribution in [0.25, 0.3) is 6.20 Å². The number of aliphatic hydroxyl groups is 10. The summed E-state index contributed by atoms with van der Waals surface area (Å²) in [7, 11) is 0. The van der Waals surface area contributed by atoms with Gasteiger partial charge in [0.05, 0.1) is 58.3 Å². The number of hydrogen-bond donors (Lipinski definition) is 15. The number of nitrogens with zero attached hydrogens (tertiary/aromatic N) is 5. The summed E-state index contributed by atoms with van der Waals surface area (Å²) in [6.45, 7) is 28.7. The molecule has 5 aromatic heterocycles. The maximum absolute atomic E-state index is 12.2. The van der Waals surface area contributed by atoms with Crippen molar-refractivity contribution in [1.29, 1.82) is 0 Å². The highest BCUT2D eigenvalue weighted by Crippen LogP contribution is 2.45. The molecule has 119 heavy (non-hydrogen) atoms. The minimum absolute atomic E-state index is 0.0854. The van der Waals surface area contributed by atoms with Gasteiger partial charge in [0, 0.05) is 63.4 Å². The van der Waals surface area contributed by atoms with Crippen LogP contribution in [-0.2, 0) is 49.9 Å². The van der Waals surface area contributed by atoms with Gasteiger partial charge in [0.2, 0.25) is 0 Å². The first-order valence-corrected chi connectivity index (χ1v) is 54.8. The molecule has 15 N–H and O–H groups in total. The van der Waals surface area contributed by atoms with Gasteiger partial charge in [-0.25, -0.2) is 24.0 Å². The number of aromatic nitrogens is 10. The topological polar surface area (TPSA) is 523 Å². The molecule has 0 amide bonds. The molecular weight excluding hydrogens is 1640 g/mol. The molecule has 5 aliphatic rings. The molecule has 40 heteroatoms. The van der Waals surface area contributed by atoms with E-state index in [0.717, 1.165) is 54.6 Å². The van der Waals surface area contributed by atoms with Crippen LogP contribution in [0.2, 0.25) is 0 Å². The Kier molecular flexibility index (Phi) is 37.1. The van der Waals surface area contributed by atoms with Gasteiger partial charge in [-0.2, -0.15) is 0 Å². The molecule has 0 unspecified atom stereocenters. The Morgan fingerprint density at radius 2 is 0.571 bits per heavy atom. The third-order valence-corrected chi connectivity index (χ3v) is 28.0. The SMILES string of the molecule is C=CCn1cc([C@@H]2O[C@H](CCP(=C)(C)C)[C@@H](O)[C@H]2O)c(=O)[nH]c1=O.C=Cn1cc([C@@H]2O[C@H](CCP(=C)(C)C)[C@@H](O)[C@H]2O)c(=O)[nH]c1=O.C=P(C)(C)CC[C@H]1O[C@@H](c2cn(CC)c(=O)[nH]c2=O)[C@H](O)[C@@H]1O.C=P(C)(C)CC[C@H]1O[C@@H](c2cn(CCC)c(=O)[nH]c2=O)[C@H](O)[C@@H]1O.C=P(C)(C)CC[C@H]1O[C@@H](c2cn(CCCC)c(=O)[nH]c2=O)[C@H](O)[C@@H]1O. The number of allylic oxidation sites excluding steroid dienone is 1. The van der Waals surface area contributed by atoms with E-state index in [1.54, 1.807) is 6.92 Å². The number of ether oxygens (including phenoxy) is 5. The van der Waals surface area contributed by atoms with Gasteiger partial charge in [-0.1, -0.05) is 32.9 Å². The zero-order valence-corrected chi connectivity index (χ0v) is 75.1. The number of unbranched alkanes of at least 4 members (excludes halogenated alkanes) is 1. The Morgan fingerprint density at radius 3 is 0.815 bits per heavy atom. The lowest BCUT2D eigenvalue weighted by Gasteiger charge is -2.18. The summed E-state index contributed by atoms with van der Waals surface area (Å²) < 4.78 is 35.3. The van der Waals surface area contributed by atoms with Crippen LogP contribution in [-0.4, -0.2) is 319 Å². The van der Waals surface area contributed by atoms with Crippen molar-refractivity contribution in [3.63, 3.8) is 0 Å². The van der Waals surface area contributed by atoms with Crippen molar-refractivity contribution in [1.82, 2.24) is 47.8 Å². The van der Waals surface area contributed by atoms with E-state index in [-0.39, 0.29) is 34.4 Å². The highest BCUT2D eigenvalue weighted by molar-refractivity contribution is 7.73. The second-order valence-corrected chi connectivity index (χ2v) is 56.0. The monoisotopic (exact) mass is 1770 g/mol. The van der Waals surface area contributed by atoms with Crippen molar-refractivity contribution in [2.24, 2.45) is 0 Å². The second-order valence-electron chi connectivity index (χ2n) is 34.4. The Morgan fingerprint density at radius 1 is 0.336 bits per heavy atom. The summed E-state index contributed by atoms with van der Waals surface area (Å²) >= 11 is 0. The van der Waals surface area contributed by atoms with E-state index in [1.165, 1.54) is 61.5 Å². The fraction of sp³-hybridized carbons (Fsp3) is 0.633. The van der Waals surface area contributed by atoms with Crippen LogP contribution in [0, 0.1) is 0 Å². The van der Waals surface area contributed by atoms with E-state index >= 15 is 0 Å². The van der Waals surface area contributed by atoms with Crippen molar-refractivity contribution in [3.8, 4) is 0 Å². The summed E-state index contributed by atoms with van der Waals surface area (Å²) in [5.41, 5.74) is -4.98. The van der Waals surface area contributed by atoms with E-state index < -0.39 is 213 Å². The molecule has 670 valence electrons. The average Bonchev–Trinajstić information content (AvgIpc) is 1.68. The maximum Gasteiger partial charge on any atom is 0.332 e. The third-order valence-electron chi connectivity index (χ3n) is 20.7. The highest BCUT2D eigenvalue weighted by atomic mass is 31.2. The molecule has 0 radical (unpaired) electrons. The van der Waals surface area contributed by atoms with Gasteiger partial charge < -0.3 is 88.5 Å². The minimum Gasteiger partial charge on any atom is -0.388 e. The summed E-state index contributed by atoms with van der Waals surface area (Å²) in [6, 6.07) is 0. The number of aryl methyl sites for hydroxylation is 3. The number of aromatic amines is 5. The van der Waals surface area contributed by atoms with Gasteiger partial charge >= 0.3 is 28.4 Å². The number of hydrogen-bond acceptors (Lipinski definition) is 25. The Bertz CT molecular complexity index is 5180. The molecule has 0 aromatic carbocycles. The fourth-order valence-corrected chi connectivity index (χ4v) is 18.5. The van der Waals surface area contributed by atoms with Crippen molar-refractivity contribution >= 4 is 72.1 Å². The van der Waals surface area contributed by atoms with E-state index in [2.05, 4.69) is 136 Å². The largest absolute Gasteiger partial charge is 0.388 e. The van der Waals surface area contributed by atoms with Crippen LogP contribution in [0.3, 0.4) is 0 Å². The molecule has 10 heterocycles. The highest BCUT2D eigenvalue weighted by Gasteiger charge is 2.49. The Labute approximate surface area is 691 Å². The molecule has 0 aliphatic carbocycles. The summed E-state index contributed by atoms with van der Waals surface area (Å²) in [6.07, 6.45) is 20.6. The minimum atomic E-state index is -1.29. The molecule has 0 bridgehead atoms.